The molecule has 0 atom stereocenters. The third-order valence-electron chi connectivity index (χ3n) is 1.88. The van der Waals surface area contributed by atoms with Crippen molar-refractivity contribution in [2.75, 3.05) is 0 Å². The highest BCUT2D eigenvalue weighted by molar-refractivity contribution is 7.98. The lowest BCUT2D eigenvalue weighted by molar-refractivity contribution is 0.0691. The predicted octanol–water partition coefficient (Wildman–Crippen LogP) is 3.13. The van der Waals surface area contributed by atoms with Gasteiger partial charge < -0.3 is 5.11 Å². The number of hydrogen-bond donors (Lipinski definition) is 1. The molecule has 2 rings (SSSR count). The maximum atomic E-state index is 10.6. The quantitative estimate of drug-likeness (QED) is 0.848. The molecule has 3 nitrogen and oxygen atoms in total. The SMILES string of the molecule is O=C(O)c1csc(CSc2ccccc2)n1. The van der Waals surface area contributed by atoms with E-state index in [-0.39, 0.29) is 5.69 Å². The Kier molecular flexibility index (Phi) is 3.58. The molecule has 1 N–H and O–H groups in total. The van der Waals surface area contributed by atoms with Crippen LogP contribution >= 0.6 is 23.1 Å². The summed E-state index contributed by atoms with van der Waals surface area (Å²) < 4.78 is 0. The van der Waals surface area contributed by atoms with Crippen LogP contribution in [0.4, 0.5) is 0 Å². The number of aromatic carboxylic acids is 1. The first kappa shape index (κ1) is 11.2. The Hall–Kier alpha value is -1.33. The molecule has 1 heterocycles. The van der Waals surface area contributed by atoms with Gasteiger partial charge in [-0.2, -0.15) is 0 Å². The standard InChI is InChI=1S/C11H9NO2S2/c13-11(14)9-6-16-10(12-9)7-15-8-4-2-1-3-5-8/h1-6H,7H2,(H,13,14). The van der Waals surface area contributed by atoms with Gasteiger partial charge >= 0.3 is 5.97 Å². The number of nitrogens with zero attached hydrogens (tertiary/aromatic N) is 1. The van der Waals surface area contributed by atoms with Gasteiger partial charge in [0.25, 0.3) is 0 Å². The Labute approximate surface area is 101 Å². The van der Waals surface area contributed by atoms with Gasteiger partial charge in [0, 0.05) is 10.3 Å². The average molecular weight is 251 g/mol. The minimum absolute atomic E-state index is 0.133. The van der Waals surface area contributed by atoms with Crippen LogP contribution in [0.5, 0.6) is 0 Å². The highest BCUT2D eigenvalue weighted by Gasteiger charge is 2.08. The first-order valence-electron chi connectivity index (χ1n) is 4.61. The zero-order chi connectivity index (χ0) is 11.4. The van der Waals surface area contributed by atoms with Gasteiger partial charge in [-0.3, -0.25) is 0 Å². The molecule has 5 heteroatoms. The van der Waals surface area contributed by atoms with Crippen LogP contribution in [0.2, 0.25) is 0 Å². The predicted molar refractivity (Wildman–Crippen MR) is 65.1 cm³/mol. The summed E-state index contributed by atoms with van der Waals surface area (Å²) in [6, 6.07) is 9.97. The molecule has 0 saturated heterocycles. The van der Waals surface area contributed by atoms with Crippen molar-refractivity contribution >= 4 is 29.1 Å². The summed E-state index contributed by atoms with van der Waals surface area (Å²) in [5.41, 5.74) is 0.133. The second-order valence-corrected chi connectivity index (χ2v) is 5.02. The number of rotatable bonds is 4. The van der Waals surface area contributed by atoms with Crippen LogP contribution in [-0.4, -0.2) is 16.1 Å². The number of thiazole rings is 1. The van der Waals surface area contributed by atoms with Crippen LogP contribution in [0.25, 0.3) is 0 Å². The fourth-order valence-corrected chi connectivity index (χ4v) is 2.84. The molecule has 2 aromatic rings. The third-order valence-corrected chi connectivity index (χ3v) is 3.93. The van der Waals surface area contributed by atoms with Crippen molar-refractivity contribution in [1.82, 2.24) is 4.98 Å². The van der Waals surface area contributed by atoms with E-state index in [0.29, 0.717) is 5.75 Å². The summed E-state index contributed by atoms with van der Waals surface area (Å²) in [6.07, 6.45) is 0. The van der Waals surface area contributed by atoms with Crippen LogP contribution in [0.1, 0.15) is 15.5 Å². The highest BCUT2D eigenvalue weighted by Crippen LogP contribution is 2.23. The molecular weight excluding hydrogens is 242 g/mol. The number of aromatic nitrogens is 1. The molecule has 0 spiro atoms. The van der Waals surface area contributed by atoms with Crippen molar-refractivity contribution < 1.29 is 9.90 Å². The smallest absolute Gasteiger partial charge is 0.355 e. The van der Waals surface area contributed by atoms with Gasteiger partial charge in [-0.05, 0) is 12.1 Å². The first-order chi connectivity index (χ1) is 7.75. The zero-order valence-electron chi connectivity index (χ0n) is 8.29. The van der Waals surface area contributed by atoms with Crippen LogP contribution < -0.4 is 0 Å². The second-order valence-electron chi connectivity index (χ2n) is 3.03. The van der Waals surface area contributed by atoms with Gasteiger partial charge in [0.05, 0.1) is 5.75 Å². The molecule has 0 fully saturated rings. The highest BCUT2D eigenvalue weighted by atomic mass is 32.2. The molecule has 1 aromatic heterocycles. The largest absolute Gasteiger partial charge is 0.476 e. The molecule has 0 aliphatic carbocycles. The van der Waals surface area contributed by atoms with Gasteiger partial charge in [0.15, 0.2) is 5.69 Å². The summed E-state index contributed by atoms with van der Waals surface area (Å²) >= 11 is 3.04. The van der Waals surface area contributed by atoms with E-state index in [0.717, 1.165) is 9.90 Å². The normalized spacial score (nSPS) is 10.2. The number of carboxylic acids is 1. The van der Waals surface area contributed by atoms with Crippen LogP contribution in [0.3, 0.4) is 0 Å². The van der Waals surface area contributed by atoms with E-state index in [9.17, 15) is 4.79 Å². The van der Waals surface area contributed by atoms with E-state index in [1.165, 1.54) is 11.3 Å². The molecule has 0 radical (unpaired) electrons. The van der Waals surface area contributed by atoms with Crippen molar-refractivity contribution in [3.8, 4) is 0 Å². The van der Waals surface area contributed by atoms with E-state index >= 15 is 0 Å². The Morgan fingerprint density at radius 1 is 1.38 bits per heavy atom. The van der Waals surface area contributed by atoms with Crippen molar-refractivity contribution in [3.63, 3.8) is 0 Å². The number of hydrogen-bond acceptors (Lipinski definition) is 4. The van der Waals surface area contributed by atoms with Gasteiger partial charge in [-0.1, -0.05) is 18.2 Å². The minimum Gasteiger partial charge on any atom is -0.476 e. The fourth-order valence-electron chi connectivity index (χ4n) is 1.14. The van der Waals surface area contributed by atoms with E-state index in [2.05, 4.69) is 4.98 Å². The van der Waals surface area contributed by atoms with E-state index in [1.807, 2.05) is 30.3 Å². The van der Waals surface area contributed by atoms with Gasteiger partial charge in [0.2, 0.25) is 0 Å². The van der Waals surface area contributed by atoms with Crippen molar-refractivity contribution in [1.29, 1.82) is 0 Å². The zero-order valence-corrected chi connectivity index (χ0v) is 9.92. The third kappa shape index (κ3) is 2.84. The number of carboxylic acid groups (broad SMARTS) is 1. The Morgan fingerprint density at radius 2 is 2.12 bits per heavy atom. The number of carbonyl (C=O) groups is 1. The summed E-state index contributed by atoms with van der Waals surface area (Å²) in [5, 5.41) is 11.1. The number of thioether (sulfide) groups is 1. The lowest BCUT2D eigenvalue weighted by atomic mass is 10.4. The van der Waals surface area contributed by atoms with Gasteiger partial charge in [-0.15, -0.1) is 23.1 Å². The molecule has 0 unspecified atom stereocenters. The molecule has 0 aliphatic heterocycles. The fraction of sp³-hybridized carbons (Fsp3) is 0.0909. The van der Waals surface area contributed by atoms with Crippen molar-refractivity contribution in [2.24, 2.45) is 0 Å². The number of benzene rings is 1. The van der Waals surface area contributed by atoms with E-state index in [4.69, 9.17) is 5.11 Å². The maximum absolute atomic E-state index is 10.6. The Balaban J connectivity index is 1.97. The second kappa shape index (κ2) is 5.14. The Bertz CT molecular complexity index is 482. The average Bonchev–Trinajstić information content (AvgIpc) is 2.76. The molecule has 0 saturated carbocycles. The Morgan fingerprint density at radius 3 is 2.75 bits per heavy atom. The monoisotopic (exact) mass is 251 g/mol. The molecule has 0 amide bonds. The van der Waals surface area contributed by atoms with Gasteiger partial charge in [0.1, 0.15) is 5.01 Å². The van der Waals surface area contributed by atoms with Crippen LogP contribution in [0, 0.1) is 0 Å². The molecular formula is C11H9NO2S2. The maximum Gasteiger partial charge on any atom is 0.355 e. The minimum atomic E-state index is -0.966. The van der Waals surface area contributed by atoms with Crippen molar-refractivity contribution in [2.45, 2.75) is 10.6 Å². The molecule has 16 heavy (non-hydrogen) atoms. The molecule has 82 valence electrons. The van der Waals surface area contributed by atoms with E-state index in [1.54, 1.807) is 17.1 Å². The van der Waals surface area contributed by atoms with Crippen LogP contribution in [-0.2, 0) is 5.75 Å². The lowest BCUT2D eigenvalue weighted by Gasteiger charge is -1.97. The van der Waals surface area contributed by atoms with Gasteiger partial charge in [-0.25, -0.2) is 9.78 Å². The summed E-state index contributed by atoms with van der Waals surface area (Å²) in [5.74, 6) is -0.255. The van der Waals surface area contributed by atoms with E-state index < -0.39 is 5.97 Å². The summed E-state index contributed by atoms with van der Waals surface area (Å²) in [6.45, 7) is 0. The first-order valence-corrected chi connectivity index (χ1v) is 6.48. The summed E-state index contributed by atoms with van der Waals surface area (Å²) in [4.78, 5) is 15.8. The molecule has 1 aromatic carbocycles. The molecule has 0 bridgehead atoms. The lowest BCUT2D eigenvalue weighted by Crippen LogP contribution is -1.96. The van der Waals surface area contributed by atoms with Crippen molar-refractivity contribution in [3.05, 3.63) is 46.4 Å². The molecule has 0 aliphatic rings. The topological polar surface area (TPSA) is 50.2 Å². The summed E-state index contributed by atoms with van der Waals surface area (Å²) in [7, 11) is 0. The van der Waals surface area contributed by atoms with Crippen LogP contribution in [0.15, 0.2) is 40.6 Å².